The number of aromatic nitrogens is 2. The maximum atomic E-state index is 12.2. The molecule has 1 aliphatic rings. The lowest BCUT2D eigenvalue weighted by Gasteiger charge is -2.19. The van der Waals surface area contributed by atoms with E-state index in [4.69, 9.17) is 0 Å². The van der Waals surface area contributed by atoms with E-state index in [1.54, 1.807) is 12.5 Å². The molecule has 5 nitrogen and oxygen atoms in total. The van der Waals surface area contributed by atoms with Crippen LogP contribution in [0.5, 0.6) is 0 Å². The summed E-state index contributed by atoms with van der Waals surface area (Å²) in [6.07, 6.45) is 8.90. The molecule has 1 fully saturated rings. The Labute approximate surface area is 131 Å². The molecular weight excluding hydrogens is 276 g/mol. The number of imidazole rings is 1. The first-order valence-corrected chi connectivity index (χ1v) is 7.81. The standard InChI is InChI=1S/C17H22N4O/c1-20-11-2-3-15(20)8-9-19-17(22)14-4-6-16(7-5-14)21-12-10-18-13-21/h4-7,10,12-13,15H,2-3,8-9,11H2,1H3,(H,19,22). The first kappa shape index (κ1) is 14.8. The average Bonchev–Trinajstić information content (AvgIpc) is 3.20. The van der Waals surface area contributed by atoms with E-state index < -0.39 is 0 Å². The first-order chi connectivity index (χ1) is 10.7. The van der Waals surface area contributed by atoms with Crippen LogP contribution in [0.3, 0.4) is 0 Å². The van der Waals surface area contributed by atoms with Crippen LogP contribution in [0, 0.1) is 0 Å². The summed E-state index contributed by atoms with van der Waals surface area (Å²) in [7, 11) is 2.16. The molecule has 1 unspecified atom stereocenters. The van der Waals surface area contributed by atoms with Crippen LogP contribution in [-0.2, 0) is 0 Å². The molecule has 0 radical (unpaired) electrons. The number of likely N-dealkylation sites (tertiary alicyclic amines) is 1. The molecule has 1 saturated heterocycles. The lowest BCUT2D eigenvalue weighted by atomic mass is 10.1. The van der Waals surface area contributed by atoms with Crippen LogP contribution in [0.15, 0.2) is 43.0 Å². The summed E-state index contributed by atoms with van der Waals surface area (Å²) in [6, 6.07) is 8.19. The van der Waals surface area contributed by atoms with Crippen LogP contribution in [0.2, 0.25) is 0 Å². The smallest absolute Gasteiger partial charge is 0.251 e. The number of amides is 1. The zero-order chi connectivity index (χ0) is 15.4. The second kappa shape index (κ2) is 6.75. The van der Waals surface area contributed by atoms with Gasteiger partial charge in [0.2, 0.25) is 0 Å². The van der Waals surface area contributed by atoms with Crippen molar-refractivity contribution in [2.75, 3.05) is 20.1 Å². The predicted octanol–water partition coefficient (Wildman–Crippen LogP) is 2.09. The van der Waals surface area contributed by atoms with Gasteiger partial charge in [-0.1, -0.05) is 0 Å². The van der Waals surface area contributed by atoms with Gasteiger partial charge in [0.1, 0.15) is 0 Å². The Balaban J connectivity index is 1.52. The van der Waals surface area contributed by atoms with Crippen LogP contribution in [0.25, 0.3) is 5.69 Å². The van der Waals surface area contributed by atoms with Gasteiger partial charge in [-0.3, -0.25) is 4.79 Å². The van der Waals surface area contributed by atoms with Gasteiger partial charge in [-0.25, -0.2) is 4.98 Å². The van der Waals surface area contributed by atoms with Gasteiger partial charge in [-0.15, -0.1) is 0 Å². The molecule has 2 heterocycles. The summed E-state index contributed by atoms with van der Waals surface area (Å²) < 4.78 is 1.91. The molecule has 1 aliphatic heterocycles. The summed E-state index contributed by atoms with van der Waals surface area (Å²) >= 11 is 0. The third-order valence-corrected chi connectivity index (χ3v) is 4.37. The maximum absolute atomic E-state index is 12.2. The van der Waals surface area contributed by atoms with E-state index in [-0.39, 0.29) is 5.91 Å². The molecule has 0 saturated carbocycles. The fourth-order valence-electron chi connectivity index (χ4n) is 3.00. The van der Waals surface area contributed by atoms with Crippen molar-refractivity contribution in [2.45, 2.75) is 25.3 Å². The number of rotatable bonds is 5. The molecule has 1 atom stereocenters. The summed E-state index contributed by atoms with van der Waals surface area (Å²) in [4.78, 5) is 18.6. The molecule has 1 N–H and O–H groups in total. The minimum absolute atomic E-state index is 0.00201. The average molecular weight is 298 g/mol. The zero-order valence-corrected chi connectivity index (χ0v) is 12.9. The van der Waals surface area contributed by atoms with Crippen molar-refractivity contribution >= 4 is 5.91 Å². The monoisotopic (exact) mass is 298 g/mol. The predicted molar refractivity (Wildman–Crippen MR) is 86.2 cm³/mol. The number of benzene rings is 1. The molecule has 1 aromatic carbocycles. The molecule has 0 aliphatic carbocycles. The third-order valence-electron chi connectivity index (χ3n) is 4.37. The molecule has 0 bridgehead atoms. The largest absolute Gasteiger partial charge is 0.352 e. The minimum atomic E-state index is -0.00201. The molecule has 5 heteroatoms. The Morgan fingerprint density at radius 3 is 2.82 bits per heavy atom. The van der Waals surface area contributed by atoms with Crippen LogP contribution in [-0.4, -0.2) is 46.5 Å². The van der Waals surface area contributed by atoms with Gasteiger partial charge in [0.05, 0.1) is 6.33 Å². The highest BCUT2D eigenvalue weighted by atomic mass is 16.1. The van der Waals surface area contributed by atoms with Gasteiger partial charge in [-0.2, -0.15) is 0 Å². The van der Waals surface area contributed by atoms with Crippen molar-refractivity contribution in [3.63, 3.8) is 0 Å². The number of carbonyl (C=O) groups is 1. The summed E-state index contributed by atoms with van der Waals surface area (Å²) in [5, 5.41) is 3.02. The Kier molecular flexibility index (Phi) is 4.53. The Morgan fingerprint density at radius 2 is 2.18 bits per heavy atom. The fraction of sp³-hybridized carbons (Fsp3) is 0.412. The third kappa shape index (κ3) is 3.36. The van der Waals surface area contributed by atoms with Crippen molar-refractivity contribution in [2.24, 2.45) is 0 Å². The summed E-state index contributed by atoms with van der Waals surface area (Å²) in [5.41, 5.74) is 1.70. The quantitative estimate of drug-likeness (QED) is 0.919. The van der Waals surface area contributed by atoms with E-state index in [1.165, 1.54) is 19.4 Å². The highest BCUT2D eigenvalue weighted by Crippen LogP contribution is 2.17. The van der Waals surface area contributed by atoms with Gasteiger partial charge >= 0.3 is 0 Å². The van der Waals surface area contributed by atoms with Gasteiger partial charge < -0.3 is 14.8 Å². The normalized spacial score (nSPS) is 18.5. The SMILES string of the molecule is CN1CCCC1CCNC(=O)c1ccc(-n2ccnc2)cc1. The van der Waals surface area contributed by atoms with E-state index in [0.717, 1.165) is 18.7 Å². The zero-order valence-electron chi connectivity index (χ0n) is 12.9. The molecule has 3 rings (SSSR count). The molecule has 0 spiro atoms. The van der Waals surface area contributed by atoms with Crippen molar-refractivity contribution < 1.29 is 4.79 Å². The van der Waals surface area contributed by atoms with Crippen LogP contribution < -0.4 is 5.32 Å². The van der Waals surface area contributed by atoms with E-state index >= 15 is 0 Å². The number of carbonyl (C=O) groups excluding carboxylic acids is 1. The number of nitrogens with one attached hydrogen (secondary N) is 1. The van der Waals surface area contributed by atoms with Crippen molar-refractivity contribution in [1.29, 1.82) is 0 Å². The molecule has 2 aromatic rings. The van der Waals surface area contributed by atoms with Crippen LogP contribution in [0.1, 0.15) is 29.6 Å². The van der Waals surface area contributed by atoms with Crippen molar-refractivity contribution in [1.82, 2.24) is 19.8 Å². The van der Waals surface area contributed by atoms with Crippen molar-refractivity contribution in [3.05, 3.63) is 48.5 Å². The minimum Gasteiger partial charge on any atom is -0.352 e. The maximum Gasteiger partial charge on any atom is 0.251 e. The van der Waals surface area contributed by atoms with Crippen LogP contribution >= 0.6 is 0 Å². The van der Waals surface area contributed by atoms with Gasteiger partial charge in [0.15, 0.2) is 0 Å². The molecule has 22 heavy (non-hydrogen) atoms. The first-order valence-electron chi connectivity index (χ1n) is 7.81. The van der Waals surface area contributed by atoms with E-state index in [2.05, 4.69) is 22.2 Å². The van der Waals surface area contributed by atoms with Gasteiger partial charge in [0.25, 0.3) is 5.91 Å². The lowest BCUT2D eigenvalue weighted by molar-refractivity contribution is 0.0950. The summed E-state index contributed by atoms with van der Waals surface area (Å²) in [6.45, 7) is 1.91. The summed E-state index contributed by atoms with van der Waals surface area (Å²) in [5.74, 6) is -0.00201. The number of nitrogens with zero attached hydrogens (tertiary/aromatic N) is 3. The molecule has 1 aromatic heterocycles. The molecule has 116 valence electrons. The molecular formula is C17H22N4O. The van der Waals surface area contributed by atoms with Gasteiger partial charge in [-0.05, 0) is 57.1 Å². The second-order valence-electron chi connectivity index (χ2n) is 5.84. The van der Waals surface area contributed by atoms with Crippen molar-refractivity contribution in [3.8, 4) is 5.69 Å². The number of hydrogen-bond donors (Lipinski definition) is 1. The Morgan fingerprint density at radius 1 is 1.36 bits per heavy atom. The lowest BCUT2D eigenvalue weighted by Crippen LogP contribution is -2.31. The topological polar surface area (TPSA) is 50.2 Å². The van der Waals surface area contributed by atoms with E-state index in [9.17, 15) is 4.79 Å². The van der Waals surface area contributed by atoms with Crippen LogP contribution in [0.4, 0.5) is 0 Å². The highest BCUT2D eigenvalue weighted by molar-refractivity contribution is 5.94. The second-order valence-corrected chi connectivity index (χ2v) is 5.84. The van der Waals surface area contributed by atoms with Gasteiger partial charge in [0, 0.05) is 36.2 Å². The molecule has 1 amide bonds. The fourth-order valence-corrected chi connectivity index (χ4v) is 3.00. The Hall–Kier alpha value is -2.14. The Bertz CT molecular complexity index is 606. The number of hydrogen-bond acceptors (Lipinski definition) is 3. The van der Waals surface area contributed by atoms with E-state index in [0.29, 0.717) is 11.6 Å². The van der Waals surface area contributed by atoms with E-state index in [1.807, 2.05) is 35.0 Å². The highest BCUT2D eigenvalue weighted by Gasteiger charge is 2.20.